The molecule has 1 aromatic rings. The van der Waals surface area contributed by atoms with Gasteiger partial charge < -0.3 is 15.1 Å². The summed E-state index contributed by atoms with van der Waals surface area (Å²) in [6, 6.07) is 6.52. The smallest absolute Gasteiger partial charge is 0.265 e. The maximum Gasteiger partial charge on any atom is 0.265 e. The van der Waals surface area contributed by atoms with Crippen molar-refractivity contribution in [3.05, 3.63) is 29.8 Å². The molecule has 6 nitrogen and oxygen atoms in total. The molecular weight excluding hydrogens is 314 g/mol. The average Bonchev–Trinajstić information content (AvgIpc) is 3.24. The minimum Gasteiger partial charge on any atom is -0.329 e. The van der Waals surface area contributed by atoms with E-state index in [2.05, 4.69) is 5.32 Å². The fourth-order valence-corrected chi connectivity index (χ4v) is 5.85. The van der Waals surface area contributed by atoms with Crippen LogP contribution in [0, 0.1) is 0 Å². The molecule has 0 aliphatic carbocycles. The number of hydrogen-bond acceptors (Lipinski definition) is 4. The lowest BCUT2D eigenvalue weighted by atomic mass is 9.99. The van der Waals surface area contributed by atoms with E-state index in [0.29, 0.717) is 18.7 Å². The first-order chi connectivity index (χ1) is 11.1. The van der Waals surface area contributed by atoms with Crippen LogP contribution in [-0.2, 0) is 19.3 Å². The summed E-state index contributed by atoms with van der Waals surface area (Å²) >= 11 is 1.40. The maximum absolute atomic E-state index is 13.1. The largest absolute Gasteiger partial charge is 0.329 e. The number of fused-ring (bicyclic) bond motifs is 5. The molecule has 23 heavy (non-hydrogen) atoms. The molecular formula is C16H15N3O3S. The molecule has 3 amide bonds. The molecule has 1 N–H and O–H groups in total. The van der Waals surface area contributed by atoms with E-state index in [4.69, 9.17) is 0 Å². The van der Waals surface area contributed by atoms with E-state index in [9.17, 15) is 14.4 Å². The van der Waals surface area contributed by atoms with Crippen molar-refractivity contribution in [3.63, 3.8) is 0 Å². The van der Waals surface area contributed by atoms with Crippen LogP contribution in [0.1, 0.15) is 18.4 Å². The molecule has 5 rings (SSSR count). The first-order valence-corrected chi connectivity index (χ1v) is 8.82. The lowest BCUT2D eigenvalue weighted by Gasteiger charge is -2.43. The second-order valence-corrected chi connectivity index (χ2v) is 7.58. The number of piperazine rings is 1. The van der Waals surface area contributed by atoms with Crippen LogP contribution in [0.25, 0.3) is 0 Å². The Hall–Kier alpha value is -2.02. The number of nitrogens with one attached hydrogen (secondary N) is 1. The Morgan fingerprint density at radius 1 is 1.13 bits per heavy atom. The van der Waals surface area contributed by atoms with Gasteiger partial charge in [0.2, 0.25) is 11.8 Å². The molecule has 4 heterocycles. The van der Waals surface area contributed by atoms with Crippen LogP contribution in [0.3, 0.4) is 0 Å². The molecule has 0 saturated carbocycles. The third kappa shape index (κ3) is 1.44. The Morgan fingerprint density at radius 3 is 2.83 bits per heavy atom. The number of nitrogens with zero attached hydrogens (tertiary/aromatic N) is 2. The molecule has 3 fully saturated rings. The van der Waals surface area contributed by atoms with E-state index in [-0.39, 0.29) is 17.7 Å². The second-order valence-electron chi connectivity index (χ2n) is 6.37. The van der Waals surface area contributed by atoms with Gasteiger partial charge in [-0.3, -0.25) is 14.4 Å². The first-order valence-electron chi connectivity index (χ1n) is 7.83. The SMILES string of the molecule is O=C1[C@@H]2CS[C@@]3(C(=O)Nc4ccccc43)N2C(=O)[C@@H]2CCCN12. The number of carbonyl (C=O) groups is 3. The minimum atomic E-state index is -1.08. The zero-order valence-electron chi connectivity index (χ0n) is 12.3. The predicted octanol–water partition coefficient (Wildman–Crippen LogP) is 0.740. The van der Waals surface area contributed by atoms with Crippen molar-refractivity contribution in [3.8, 4) is 0 Å². The van der Waals surface area contributed by atoms with Crippen LogP contribution in [0.4, 0.5) is 5.69 Å². The monoisotopic (exact) mass is 329 g/mol. The van der Waals surface area contributed by atoms with Crippen molar-refractivity contribution in [2.75, 3.05) is 17.6 Å². The summed E-state index contributed by atoms with van der Waals surface area (Å²) < 4.78 is 0. The topological polar surface area (TPSA) is 69.7 Å². The van der Waals surface area contributed by atoms with Gasteiger partial charge in [0.05, 0.1) is 0 Å². The van der Waals surface area contributed by atoms with Gasteiger partial charge in [0.25, 0.3) is 5.91 Å². The molecule has 1 aromatic carbocycles. The van der Waals surface area contributed by atoms with Crippen molar-refractivity contribution >= 4 is 35.2 Å². The number of para-hydroxylation sites is 1. The first kappa shape index (κ1) is 13.4. The molecule has 3 atom stereocenters. The Balaban J connectivity index is 1.68. The highest BCUT2D eigenvalue weighted by Crippen LogP contribution is 2.55. The Morgan fingerprint density at radius 2 is 1.96 bits per heavy atom. The molecule has 4 aliphatic heterocycles. The van der Waals surface area contributed by atoms with Crippen LogP contribution >= 0.6 is 11.8 Å². The van der Waals surface area contributed by atoms with Gasteiger partial charge in [0.1, 0.15) is 12.1 Å². The number of hydrogen-bond donors (Lipinski definition) is 1. The number of rotatable bonds is 0. The highest BCUT2D eigenvalue weighted by molar-refractivity contribution is 8.01. The lowest BCUT2D eigenvalue weighted by Crippen LogP contribution is -2.66. The highest BCUT2D eigenvalue weighted by Gasteiger charge is 2.65. The van der Waals surface area contributed by atoms with Gasteiger partial charge in [-0.05, 0) is 18.9 Å². The summed E-state index contributed by atoms with van der Waals surface area (Å²) in [5.41, 5.74) is 1.53. The number of thioether (sulfide) groups is 1. The Labute approximate surface area is 137 Å². The Kier molecular flexibility index (Phi) is 2.50. The van der Waals surface area contributed by atoms with Crippen molar-refractivity contribution in [2.45, 2.75) is 29.8 Å². The molecule has 0 radical (unpaired) electrons. The molecule has 0 bridgehead atoms. The highest BCUT2D eigenvalue weighted by atomic mass is 32.2. The van der Waals surface area contributed by atoms with Gasteiger partial charge in [0.15, 0.2) is 4.87 Å². The van der Waals surface area contributed by atoms with Crippen molar-refractivity contribution in [1.82, 2.24) is 9.80 Å². The van der Waals surface area contributed by atoms with E-state index in [1.54, 1.807) is 9.80 Å². The standard InChI is InChI=1S/C16H15N3O3S/c20-13-12-8-23-16(9-4-1-2-5-10(9)17-15(16)22)19(12)14(21)11-6-3-7-18(11)13/h1-2,4-5,11-12H,3,6-8H2,(H,17,22)/t11-,12-,16-/m0/s1. The Bertz CT molecular complexity index is 767. The van der Waals surface area contributed by atoms with E-state index in [1.165, 1.54) is 11.8 Å². The number of amides is 3. The van der Waals surface area contributed by atoms with Crippen LogP contribution in [0.2, 0.25) is 0 Å². The van der Waals surface area contributed by atoms with Gasteiger partial charge in [-0.15, -0.1) is 11.8 Å². The lowest BCUT2D eigenvalue weighted by molar-refractivity contribution is -0.162. The van der Waals surface area contributed by atoms with Gasteiger partial charge in [-0.25, -0.2) is 0 Å². The number of carbonyl (C=O) groups excluding carboxylic acids is 3. The molecule has 4 aliphatic rings. The third-order valence-corrected chi connectivity index (χ3v) is 6.79. The second kappa shape index (κ2) is 4.29. The third-order valence-electron chi connectivity index (χ3n) is 5.29. The summed E-state index contributed by atoms with van der Waals surface area (Å²) in [4.78, 5) is 40.9. The van der Waals surface area contributed by atoms with Gasteiger partial charge in [0, 0.05) is 23.5 Å². The molecule has 7 heteroatoms. The fraction of sp³-hybridized carbons (Fsp3) is 0.438. The molecule has 1 spiro atoms. The zero-order chi connectivity index (χ0) is 15.8. The zero-order valence-corrected chi connectivity index (χ0v) is 13.1. The summed E-state index contributed by atoms with van der Waals surface area (Å²) in [6.45, 7) is 0.653. The minimum absolute atomic E-state index is 0.00587. The van der Waals surface area contributed by atoms with Crippen LogP contribution in [0.5, 0.6) is 0 Å². The summed E-state index contributed by atoms with van der Waals surface area (Å²) in [5, 5.41) is 2.88. The maximum atomic E-state index is 13.1. The molecule has 0 aromatic heterocycles. The summed E-state index contributed by atoms with van der Waals surface area (Å²) in [6.07, 6.45) is 1.55. The van der Waals surface area contributed by atoms with E-state index in [0.717, 1.165) is 17.7 Å². The fourth-order valence-electron chi connectivity index (χ4n) is 4.29. The van der Waals surface area contributed by atoms with E-state index >= 15 is 0 Å². The quantitative estimate of drug-likeness (QED) is 0.762. The van der Waals surface area contributed by atoms with Crippen LogP contribution in [-0.4, -0.2) is 51.9 Å². The van der Waals surface area contributed by atoms with Crippen LogP contribution in [0.15, 0.2) is 24.3 Å². The van der Waals surface area contributed by atoms with Gasteiger partial charge in [-0.2, -0.15) is 0 Å². The van der Waals surface area contributed by atoms with E-state index in [1.807, 2.05) is 24.3 Å². The van der Waals surface area contributed by atoms with Crippen molar-refractivity contribution < 1.29 is 14.4 Å². The number of benzene rings is 1. The normalized spacial score (nSPS) is 34.7. The van der Waals surface area contributed by atoms with Crippen LogP contribution < -0.4 is 5.32 Å². The van der Waals surface area contributed by atoms with Crippen molar-refractivity contribution in [2.24, 2.45) is 0 Å². The number of anilines is 1. The summed E-state index contributed by atoms with van der Waals surface area (Å²) in [7, 11) is 0. The molecule has 118 valence electrons. The average molecular weight is 329 g/mol. The molecule has 0 unspecified atom stereocenters. The van der Waals surface area contributed by atoms with Gasteiger partial charge in [-0.1, -0.05) is 18.2 Å². The van der Waals surface area contributed by atoms with Gasteiger partial charge >= 0.3 is 0 Å². The van der Waals surface area contributed by atoms with E-state index < -0.39 is 17.0 Å². The molecule has 3 saturated heterocycles. The summed E-state index contributed by atoms with van der Waals surface area (Å²) in [5.74, 6) is 0.173. The predicted molar refractivity (Wildman–Crippen MR) is 84.6 cm³/mol. The van der Waals surface area contributed by atoms with Crippen molar-refractivity contribution in [1.29, 1.82) is 0 Å².